The average Bonchev–Trinajstić information content (AvgIpc) is 3.46. The second-order valence-electron chi connectivity index (χ2n) is 7.04. The Bertz CT molecular complexity index is 840. The van der Waals surface area contributed by atoms with Gasteiger partial charge in [0.25, 0.3) is 11.8 Å². The molecule has 2 aromatic carbocycles. The third-order valence-corrected chi connectivity index (χ3v) is 4.92. The predicted octanol–water partition coefficient (Wildman–Crippen LogP) is 1.82. The van der Waals surface area contributed by atoms with Crippen molar-refractivity contribution in [3.05, 3.63) is 59.1 Å². The maximum absolute atomic E-state index is 12.8. The fourth-order valence-corrected chi connectivity index (χ4v) is 3.32. The van der Waals surface area contributed by atoms with Crippen molar-refractivity contribution in [2.75, 3.05) is 26.0 Å². The fraction of sp³-hybridized carbons (Fsp3) is 0.333. The van der Waals surface area contributed by atoms with Gasteiger partial charge in [0.05, 0.1) is 19.8 Å². The molecule has 3 N–H and O–H groups in total. The molecule has 0 heterocycles. The molecule has 2 amide bonds. The predicted molar refractivity (Wildman–Crippen MR) is 109 cm³/mol. The van der Waals surface area contributed by atoms with Gasteiger partial charge in [0.15, 0.2) is 12.6 Å². The van der Waals surface area contributed by atoms with Gasteiger partial charge in [0.2, 0.25) is 0 Å². The minimum atomic E-state index is -0.464. The zero-order chi connectivity index (χ0) is 20.1. The molecule has 0 bridgehead atoms. The standard InChI is InChI=1S/C21H24ClN3O3/c1-25(13-19(26)24-17-12-15(22)8-11-18(17)28-2)20(14-6-4-3-5-7-14)21(27)23-16-9-10-16/h3-8,11-12,16,20H,9-10,13H2,1-2H3,(H,23,27)(H,24,26)/p+1/t20-/m0/s1. The van der Waals surface area contributed by atoms with Gasteiger partial charge in [0.1, 0.15) is 5.75 Å². The van der Waals surface area contributed by atoms with Crippen molar-refractivity contribution in [2.24, 2.45) is 0 Å². The summed E-state index contributed by atoms with van der Waals surface area (Å²) in [7, 11) is 3.38. The van der Waals surface area contributed by atoms with E-state index in [9.17, 15) is 9.59 Å². The maximum Gasteiger partial charge on any atom is 0.283 e. The van der Waals surface area contributed by atoms with Gasteiger partial charge in [0, 0.05) is 16.6 Å². The van der Waals surface area contributed by atoms with Crippen LogP contribution in [0.5, 0.6) is 5.75 Å². The van der Waals surface area contributed by atoms with Gasteiger partial charge in [-0.15, -0.1) is 0 Å². The summed E-state index contributed by atoms with van der Waals surface area (Å²) in [5.74, 6) is 0.249. The van der Waals surface area contributed by atoms with E-state index in [1.54, 1.807) is 18.2 Å². The molecule has 148 valence electrons. The first kappa shape index (κ1) is 20.2. The zero-order valence-electron chi connectivity index (χ0n) is 16.0. The summed E-state index contributed by atoms with van der Waals surface area (Å²) in [6, 6.07) is 14.4. The summed E-state index contributed by atoms with van der Waals surface area (Å²) in [6.07, 6.45) is 2.03. The number of hydrogen-bond acceptors (Lipinski definition) is 3. The number of hydrogen-bond donors (Lipinski definition) is 3. The number of amides is 2. The lowest BCUT2D eigenvalue weighted by atomic mass is 10.0. The number of methoxy groups -OCH3 is 1. The lowest BCUT2D eigenvalue weighted by Crippen LogP contribution is -3.11. The molecule has 0 spiro atoms. The molecule has 1 unspecified atom stereocenters. The van der Waals surface area contributed by atoms with Crippen LogP contribution in [0.3, 0.4) is 0 Å². The van der Waals surface area contributed by atoms with Crippen LogP contribution in [0.15, 0.2) is 48.5 Å². The Balaban J connectivity index is 1.72. The molecule has 2 atom stereocenters. The third-order valence-electron chi connectivity index (χ3n) is 4.69. The first-order valence-corrected chi connectivity index (χ1v) is 9.66. The van der Waals surface area contributed by atoms with E-state index in [1.165, 1.54) is 7.11 Å². The Labute approximate surface area is 169 Å². The van der Waals surface area contributed by atoms with E-state index in [4.69, 9.17) is 16.3 Å². The Hall–Kier alpha value is -2.57. The molecule has 2 aromatic rings. The van der Waals surface area contributed by atoms with E-state index in [0.717, 1.165) is 23.3 Å². The normalized spacial score (nSPS) is 15.4. The second-order valence-corrected chi connectivity index (χ2v) is 7.48. The summed E-state index contributed by atoms with van der Waals surface area (Å²) in [5, 5.41) is 6.39. The SMILES string of the molecule is COc1ccc(Cl)cc1NC(=O)C[NH+](C)[C@H](C(=O)NC1CC1)c1ccccc1. The lowest BCUT2D eigenvalue weighted by Gasteiger charge is -2.24. The number of benzene rings is 2. The highest BCUT2D eigenvalue weighted by atomic mass is 35.5. The lowest BCUT2D eigenvalue weighted by molar-refractivity contribution is -0.894. The number of likely N-dealkylation sites (N-methyl/N-ethyl adjacent to an activating group) is 1. The number of quaternary nitrogens is 1. The Morgan fingerprint density at radius 2 is 1.93 bits per heavy atom. The van der Waals surface area contributed by atoms with Crippen molar-refractivity contribution >= 4 is 29.1 Å². The zero-order valence-corrected chi connectivity index (χ0v) is 16.8. The summed E-state index contributed by atoms with van der Waals surface area (Å²) in [6.45, 7) is 0.118. The molecule has 1 saturated carbocycles. The van der Waals surface area contributed by atoms with Crippen molar-refractivity contribution in [2.45, 2.75) is 24.9 Å². The topological polar surface area (TPSA) is 71.9 Å². The van der Waals surface area contributed by atoms with Crippen LogP contribution in [0.4, 0.5) is 5.69 Å². The molecule has 0 aromatic heterocycles. The van der Waals surface area contributed by atoms with Crippen molar-refractivity contribution in [1.29, 1.82) is 0 Å². The Kier molecular flexibility index (Phi) is 6.54. The van der Waals surface area contributed by atoms with Gasteiger partial charge >= 0.3 is 0 Å². The largest absolute Gasteiger partial charge is 0.495 e. The van der Waals surface area contributed by atoms with E-state index in [1.807, 2.05) is 37.4 Å². The number of nitrogens with one attached hydrogen (secondary N) is 3. The van der Waals surface area contributed by atoms with Crippen LogP contribution in [0.25, 0.3) is 0 Å². The number of ether oxygens (including phenoxy) is 1. The number of halogens is 1. The van der Waals surface area contributed by atoms with E-state index in [2.05, 4.69) is 10.6 Å². The van der Waals surface area contributed by atoms with Crippen LogP contribution in [-0.4, -0.2) is 38.6 Å². The minimum absolute atomic E-state index is 0.0562. The molecule has 0 aliphatic heterocycles. The minimum Gasteiger partial charge on any atom is -0.495 e. The van der Waals surface area contributed by atoms with Crippen LogP contribution >= 0.6 is 11.6 Å². The third kappa shape index (κ3) is 5.24. The van der Waals surface area contributed by atoms with Crippen LogP contribution < -0.4 is 20.3 Å². The van der Waals surface area contributed by atoms with Gasteiger partial charge in [-0.25, -0.2) is 0 Å². The highest BCUT2D eigenvalue weighted by Crippen LogP contribution is 2.27. The first-order valence-electron chi connectivity index (χ1n) is 9.29. The van der Waals surface area contributed by atoms with Crippen molar-refractivity contribution in [3.63, 3.8) is 0 Å². The molecule has 3 rings (SSSR count). The summed E-state index contributed by atoms with van der Waals surface area (Å²) < 4.78 is 5.27. The van der Waals surface area contributed by atoms with E-state index >= 15 is 0 Å². The second kappa shape index (κ2) is 9.08. The Morgan fingerprint density at radius 3 is 2.57 bits per heavy atom. The fourth-order valence-electron chi connectivity index (χ4n) is 3.14. The monoisotopic (exact) mass is 402 g/mol. The molecular formula is C21H25ClN3O3+. The molecule has 6 nitrogen and oxygen atoms in total. The molecule has 0 saturated heterocycles. The number of anilines is 1. The van der Waals surface area contributed by atoms with Gasteiger partial charge in [-0.05, 0) is 31.0 Å². The Morgan fingerprint density at radius 1 is 1.21 bits per heavy atom. The number of rotatable bonds is 8. The van der Waals surface area contributed by atoms with Gasteiger partial charge < -0.3 is 20.3 Å². The summed E-state index contributed by atoms with van der Waals surface area (Å²) >= 11 is 6.02. The molecular weight excluding hydrogens is 378 g/mol. The highest BCUT2D eigenvalue weighted by molar-refractivity contribution is 6.31. The van der Waals surface area contributed by atoms with Crippen molar-refractivity contribution in [1.82, 2.24) is 5.32 Å². The van der Waals surface area contributed by atoms with E-state index in [0.29, 0.717) is 16.5 Å². The molecule has 1 fully saturated rings. The number of carbonyl (C=O) groups excluding carboxylic acids is 2. The quantitative estimate of drug-likeness (QED) is 0.630. The van der Waals surface area contributed by atoms with Crippen LogP contribution in [-0.2, 0) is 9.59 Å². The molecule has 0 radical (unpaired) electrons. The molecule has 1 aliphatic rings. The van der Waals surface area contributed by atoms with Gasteiger partial charge in [-0.1, -0.05) is 41.9 Å². The highest BCUT2D eigenvalue weighted by Gasteiger charge is 2.34. The van der Waals surface area contributed by atoms with Crippen molar-refractivity contribution < 1.29 is 19.2 Å². The smallest absolute Gasteiger partial charge is 0.283 e. The van der Waals surface area contributed by atoms with Crippen LogP contribution in [0.1, 0.15) is 24.4 Å². The van der Waals surface area contributed by atoms with Crippen molar-refractivity contribution in [3.8, 4) is 5.75 Å². The summed E-state index contributed by atoms with van der Waals surface area (Å²) in [4.78, 5) is 26.2. The van der Waals surface area contributed by atoms with Gasteiger partial charge in [-0.2, -0.15) is 0 Å². The van der Waals surface area contributed by atoms with Crippen LogP contribution in [0, 0.1) is 0 Å². The average molecular weight is 403 g/mol. The first-order chi connectivity index (χ1) is 13.5. The van der Waals surface area contributed by atoms with E-state index < -0.39 is 6.04 Å². The van der Waals surface area contributed by atoms with Crippen LogP contribution in [0.2, 0.25) is 5.02 Å². The summed E-state index contributed by atoms with van der Waals surface area (Å²) in [5.41, 5.74) is 1.39. The maximum atomic E-state index is 12.8. The van der Waals surface area contributed by atoms with Gasteiger partial charge in [-0.3, -0.25) is 9.59 Å². The molecule has 1 aliphatic carbocycles. The van der Waals surface area contributed by atoms with E-state index in [-0.39, 0.29) is 24.4 Å². The molecule has 7 heteroatoms. The number of carbonyl (C=O) groups is 2. The molecule has 28 heavy (non-hydrogen) atoms.